The molecule has 4 rings (SSSR count). The first kappa shape index (κ1) is 19.5. The second-order valence-electron chi connectivity index (χ2n) is 6.84. The molecular formula is C20H21N3O6. The van der Waals surface area contributed by atoms with E-state index in [0.717, 1.165) is 4.68 Å². The van der Waals surface area contributed by atoms with Gasteiger partial charge in [-0.05, 0) is 12.1 Å². The van der Waals surface area contributed by atoms with Crippen molar-refractivity contribution in [2.45, 2.75) is 30.6 Å². The van der Waals surface area contributed by atoms with Crippen molar-refractivity contribution in [2.75, 3.05) is 12.0 Å². The van der Waals surface area contributed by atoms with Gasteiger partial charge < -0.3 is 25.2 Å². The lowest BCUT2D eigenvalue weighted by atomic mass is 9.99. The lowest BCUT2D eigenvalue weighted by Gasteiger charge is -2.40. The smallest absolute Gasteiger partial charge is 0.280 e. The molecule has 0 radical (unpaired) electrons. The number of benzene rings is 2. The maximum atomic E-state index is 13.2. The van der Waals surface area contributed by atoms with Crippen molar-refractivity contribution in [3.05, 3.63) is 65.0 Å². The van der Waals surface area contributed by atoms with Crippen LogP contribution in [0.2, 0.25) is 0 Å². The highest BCUT2D eigenvalue weighted by Gasteiger charge is 2.44. The number of fused-ring (bicyclic) bond motifs is 1. The van der Waals surface area contributed by atoms with Crippen molar-refractivity contribution in [3.63, 3.8) is 0 Å². The molecule has 152 valence electrons. The van der Waals surface area contributed by atoms with E-state index >= 15 is 0 Å². The first-order valence-corrected chi connectivity index (χ1v) is 9.15. The van der Waals surface area contributed by atoms with Crippen LogP contribution in [0.25, 0.3) is 22.3 Å². The Morgan fingerprint density at radius 3 is 2.38 bits per heavy atom. The zero-order valence-corrected chi connectivity index (χ0v) is 15.3. The number of hydrogen-bond donors (Lipinski definition) is 5. The zero-order valence-electron chi connectivity index (χ0n) is 15.3. The van der Waals surface area contributed by atoms with E-state index in [1.54, 1.807) is 48.5 Å². The molecule has 2 heterocycles. The van der Waals surface area contributed by atoms with Crippen LogP contribution in [0.5, 0.6) is 0 Å². The predicted molar refractivity (Wildman–Crippen MR) is 105 cm³/mol. The molecule has 29 heavy (non-hydrogen) atoms. The van der Waals surface area contributed by atoms with Crippen LogP contribution in [-0.2, 0) is 4.74 Å². The molecule has 0 unspecified atom stereocenters. The monoisotopic (exact) mass is 399 g/mol. The number of aliphatic hydroxyl groups excluding tert-OH is 4. The van der Waals surface area contributed by atoms with Crippen LogP contribution in [0.3, 0.4) is 0 Å². The molecule has 0 aliphatic carbocycles. The summed E-state index contributed by atoms with van der Waals surface area (Å²) in [4.78, 5) is 17.7. The topological polar surface area (TPSA) is 137 Å². The highest BCUT2D eigenvalue weighted by atomic mass is 16.6. The third-order valence-electron chi connectivity index (χ3n) is 4.96. The minimum Gasteiger partial charge on any atom is -0.394 e. The highest BCUT2D eigenvalue weighted by Crippen LogP contribution is 2.22. The van der Waals surface area contributed by atoms with Gasteiger partial charge in [0.15, 0.2) is 12.1 Å². The number of nitrogens with one attached hydrogen (secondary N) is 1. The zero-order chi connectivity index (χ0) is 20.5. The van der Waals surface area contributed by atoms with Gasteiger partial charge in [-0.25, -0.2) is 9.66 Å². The van der Waals surface area contributed by atoms with Gasteiger partial charge >= 0.3 is 0 Å². The molecule has 1 fully saturated rings. The molecule has 5 N–H and O–H groups in total. The number of ether oxygens (including phenoxy) is 1. The van der Waals surface area contributed by atoms with Crippen molar-refractivity contribution >= 4 is 10.9 Å². The average Bonchev–Trinajstić information content (AvgIpc) is 2.76. The SMILES string of the molecule is O=c1c2ccccc2nc(-c2ccccc2)n1N[C@@H]1O[C@H](CO)[C@@H](O)[C@H](O)[C@H]1O. The van der Waals surface area contributed by atoms with Crippen LogP contribution >= 0.6 is 0 Å². The molecule has 1 aliphatic heterocycles. The number of rotatable bonds is 4. The first-order valence-electron chi connectivity index (χ1n) is 9.15. The van der Waals surface area contributed by atoms with Crippen LogP contribution in [0.1, 0.15) is 0 Å². The Hall–Kier alpha value is -2.82. The highest BCUT2D eigenvalue weighted by molar-refractivity contribution is 5.79. The third-order valence-corrected chi connectivity index (χ3v) is 4.96. The van der Waals surface area contributed by atoms with Crippen LogP contribution < -0.4 is 11.0 Å². The Morgan fingerprint density at radius 2 is 1.66 bits per heavy atom. The Kier molecular flexibility index (Phi) is 5.31. The number of nitrogens with zero attached hydrogens (tertiary/aromatic N) is 2. The molecule has 0 amide bonds. The van der Waals surface area contributed by atoms with E-state index in [4.69, 9.17) is 4.74 Å². The summed E-state index contributed by atoms with van der Waals surface area (Å²) in [5.74, 6) is 0.284. The summed E-state index contributed by atoms with van der Waals surface area (Å²) in [5, 5.41) is 40.1. The van der Waals surface area contributed by atoms with E-state index in [2.05, 4.69) is 10.4 Å². The predicted octanol–water partition coefficient (Wildman–Crippen LogP) is -0.593. The second kappa shape index (κ2) is 7.90. The molecule has 1 aliphatic rings. The summed E-state index contributed by atoms with van der Waals surface area (Å²) in [6.07, 6.45) is -6.98. The number of para-hydroxylation sites is 1. The van der Waals surface area contributed by atoms with Gasteiger partial charge in [0.2, 0.25) is 0 Å². The van der Waals surface area contributed by atoms with E-state index in [-0.39, 0.29) is 5.82 Å². The fourth-order valence-corrected chi connectivity index (χ4v) is 3.37. The molecular weight excluding hydrogens is 378 g/mol. The van der Waals surface area contributed by atoms with Crippen LogP contribution in [0, 0.1) is 0 Å². The van der Waals surface area contributed by atoms with E-state index in [1.807, 2.05) is 6.07 Å². The van der Waals surface area contributed by atoms with Gasteiger partial charge in [-0.2, -0.15) is 0 Å². The van der Waals surface area contributed by atoms with Gasteiger partial charge in [-0.3, -0.25) is 10.2 Å². The van der Waals surface area contributed by atoms with E-state index in [1.165, 1.54) is 0 Å². The molecule has 2 aromatic carbocycles. The summed E-state index contributed by atoms with van der Waals surface area (Å²) < 4.78 is 6.63. The van der Waals surface area contributed by atoms with Gasteiger partial charge in [0, 0.05) is 5.56 Å². The van der Waals surface area contributed by atoms with Crippen LogP contribution in [-0.4, -0.2) is 67.3 Å². The molecule has 5 atom stereocenters. The minimum atomic E-state index is -1.57. The van der Waals surface area contributed by atoms with Gasteiger partial charge in [0.1, 0.15) is 24.4 Å². The summed E-state index contributed by atoms with van der Waals surface area (Å²) >= 11 is 0. The maximum absolute atomic E-state index is 13.2. The largest absolute Gasteiger partial charge is 0.394 e. The van der Waals surface area contributed by atoms with Crippen molar-refractivity contribution in [1.82, 2.24) is 9.66 Å². The van der Waals surface area contributed by atoms with E-state index in [9.17, 15) is 25.2 Å². The van der Waals surface area contributed by atoms with E-state index < -0.39 is 42.8 Å². The third kappa shape index (κ3) is 3.50. The fraction of sp³-hybridized carbons (Fsp3) is 0.300. The molecule has 1 saturated heterocycles. The van der Waals surface area contributed by atoms with E-state index in [0.29, 0.717) is 16.5 Å². The number of aromatic nitrogens is 2. The summed E-state index contributed by atoms with van der Waals surface area (Å²) in [6, 6.07) is 15.8. The standard InChI is InChI=1S/C20H21N3O6/c24-10-14-15(25)16(26)17(27)19(29-14)22-23-18(11-6-2-1-3-7-11)21-13-9-5-4-8-12(13)20(23)28/h1-9,14-17,19,22,24-27H,10H2/t14-,15-,16+,17-,19-/m1/s1. The minimum absolute atomic E-state index is 0.284. The second-order valence-corrected chi connectivity index (χ2v) is 6.84. The molecule has 0 saturated carbocycles. The molecule has 1 aromatic heterocycles. The molecule has 0 spiro atoms. The summed E-state index contributed by atoms with van der Waals surface area (Å²) in [6.45, 7) is -0.570. The normalized spacial score (nSPS) is 27.1. The van der Waals surface area contributed by atoms with Crippen LogP contribution in [0.15, 0.2) is 59.4 Å². The van der Waals surface area contributed by atoms with Crippen molar-refractivity contribution in [2.24, 2.45) is 0 Å². The van der Waals surface area contributed by atoms with Crippen molar-refractivity contribution in [3.8, 4) is 11.4 Å². The van der Waals surface area contributed by atoms with Gasteiger partial charge in [-0.15, -0.1) is 0 Å². The first-order chi connectivity index (χ1) is 14.0. The number of aliphatic hydroxyl groups is 4. The number of hydrogen-bond acceptors (Lipinski definition) is 8. The summed E-state index contributed by atoms with van der Waals surface area (Å²) in [7, 11) is 0. The molecule has 3 aromatic rings. The fourth-order valence-electron chi connectivity index (χ4n) is 3.37. The van der Waals surface area contributed by atoms with Crippen molar-refractivity contribution < 1.29 is 25.2 Å². The van der Waals surface area contributed by atoms with Gasteiger partial charge in [-0.1, -0.05) is 42.5 Å². The molecule has 0 bridgehead atoms. The average molecular weight is 399 g/mol. The van der Waals surface area contributed by atoms with Gasteiger partial charge in [0.05, 0.1) is 17.5 Å². The quantitative estimate of drug-likeness (QED) is 0.393. The Morgan fingerprint density at radius 1 is 0.966 bits per heavy atom. The summed E-state index contributed by atoms with van der Waals surface area (Å²) in [5.41, 5.74) is 3.48. The molecule has 9 heteroatoms. The van der Waals surface area contributed by atoms with Crippen LogP contribution in [0.4, 0.5) is 0 Å². The maximum Gasteiger partial charge on any atom is 0.280 e. The lowest BCUT2D eigenvalue weighted by Crippen LogP contribution is -2.62. The Bertz CT molecular complexity index is 1060. The van der Waals surface area contributed by atoms with Crippen molar-refractivity contribution in [1.29, 1.82) is 0 Å². The molecule has 9 nitrogen and oxygen atoms in total. The lowest BCUT2D eigenvalue weighted by molar-refractivity contribution is -0.224. The Labute approximate surface area is 165 Å². The Balaban J connectivity index is 1.82. The van der Waals surface area contributed by atoms with Gasteiger partial charge in [0.25, 0.3) is 5.56 Å².